The van der Waals surface area contributed by atoms with Gasteiger partial charge in [-0.3, -0.25) is 11.1 Å². The van der Waals surface area contributed by atoms with Gasteiger partial charge in [-0.15, -0.1) is 0 Å². The maximum absolute atomic E-state index is 4.50. The Morgan fingerprint density at radius 2 is 0.889 bits per heavy atom. The van der Waals surface area contributed by atoms with Gasteiger partial charge < -0.3 is 62.0 Å². The second-order valence-corrected chi connectivity index (χ2v) is 0.192. The minimum Gasteiger partial charge on any atom is -1.00 e. The molecule has 58 valence electrons. The molecule has 0 aliphatic carbocycles. The molecule has 0 fully saturated rings. The molecule has 0 aromatic heterocycles. The summed E-state index contributed by atoms with van der Waals surface area (Å²) in [6.45, 7) is 0. The summed E-state index contributed by atoms with van der Waals surface area (Å²) in [7, 11) is 0. The largest absolute Gasteiger partial charge is 4.00 e. The summed E-state index contributed by atoms with van der Waals surface area (Å²) in [5.74, 6) is 0. The van der Waals surface area contributed by atoms with E-state index in [0.717, 1.165) is 6.34 Å². The van der Waals surface area contributed by atoms with Gasteiger partial charge in [0.1, 0.15) is 0 Å². The zero-order valence-corrected chi connectivity index (χ0v) is 10.8. The van der Waals surface area contributed by atoms with Crippen molar-refractivity contribution in [2.75, 3.05) is 0 Å². The van der Waals surface area contributed by atoms with Crippen molar-refractivity contribution in [3.63, 3.8) is 0 Å². The van der Waals surface area contributed by atoms with Gasteiger partial charge in [-0.25, -0.2) is 0 Å². The number of hydrogen-bond donors (Lipinski definition) is 2. The number of hydrogen-bond acceptors (Lipinski definition) is 0. The van der Waals surface area contributed by atoms with Crippen LogP contribution in [0.1, 0.15) is 0 Å². The van der Waals surface area contributed by atoms with Crippen molar-refractivity contribution in [1.29, 1.82) is 0 Å². The Morgan fingerprint density at radius 1 is 0.889 bits per heavy atom. The predicted molar refractivity (Wildman–Crippen MR) is 17.9 cm³/mol. The fourth-order valence-electron chi connectivity index (χ4n) is 0. The molecule has 4 N–H and O–H groups in total. The van der Waals surface area contributed by atoms with E-state index < -0.39 is 0 Å². The van der Waals surface area contributed by atoms with E-state index in [-0.39, 0.29) is 85.9 Å². The molecule has 0 spiro atoms. The van der Waals surface area contributed by atoms with E-state index in [1.54, 1.807) is 0 Å². The van der Waals surface area contributed by atoms with Crippen LogP contribution in [0.3, 0.4) is 0 Å². The zero-order chi connectivity index (χ0) is 2.71. The summed E-state index contributed by atoms with van der Waals surface area (Å²) >= 11 is 0. The molecule has 9 heavy (non-hydrogen) atoms. The first-order chi connectivity index (χ1) is 1.41. The normalized spacial score (nSPS) is 1.33. The van der Waals surface area contributed by atoms with Crippen LogP contribution < -0.4 is 73.2 Å². The molecule has 0 aliphatic heterocycles. The van der Waals surface area contributed by atoms with Gasteiger partial charge in [0.15, 0.2) is 0 Å². The molecule has 0 rings (SSSR count). The van der Waals surface area contributed by atoms with Crippen molar-refractivity contribution < 1.29 is 67.4 Å². The molecular weight excluding hydrogens is 336 g/mol. The van der Waals surface area contributed by atoms with Crippen molar-refractivity contribution in [2.24, 2.45) is 5.73 Å². The molecule has 0 amide bonds. The van der Waals surface area contributed by atoms with Gasteiger partial charge >= 0.3 is 23.9 Å². The Morgan fingerprint density at radius 3 is 0.889 bits per heavy atom. The van der Waals surface area contributed by atoms with Gasteiger partial charge in [0.25, 0.3) is 0 Å². The average molecular weight is 341 g/mol. The monoisotopic (exact) mass is 340 g/mol. The molecule has 0 aliphatic rings. The van der Waals surface area contributed by atoms with Gasteiger partial charge in [0, 0.05) is 0 Å². The summed E-state index contributed by atoms with van der Waals surface area (Å²) in [5, 5.41) is 4.50. The van der Waals surface area contributed by atoms with Gasteiger partial charge in [0.2, 0.25) is 6.34 Å². The summed E-state index contributed by atoms with van der Waals surface area (Å²) in [6, 6.07) is 0. The van der Waals surface area contributed by atoms with Crippen molar-refractivity contribution in [1.82, 2.24) is 0 Å². The third-order valence-corrected chi connectivity index (χ3v) is 0. The molecule has 0 heterocycles. The van der Waals surface area contributed by atoms with Crippen molar-refractivity contribution in [2.45, 2.75) is 0 Å². The Kier molecular flexibility index (Phi) is 813. The van der Waals surface area contributed by atoms with Crippen LogP contribution >= 0.6 is 0 Å². The van der Waals surface area contributed by atoms with Crippen LogP contribution in [0.2, 0.25) is 0 Å². The quantitative estimate of drug-likeness (QED) is 0.257. The first-order valence-corrected chi connectivity index (χ1v) is 0.667. The molecule has 0 aromatic rings. The molecule has 0 bridgehead atoms. The van der Waals surface area contributed by atoms with Crippen LogP contribution in [0.15, 0.2) is 0 Å². The summed E-state index contributed by atoms with van der Waals surface area (Å²) in [4.78, 5) is 0. The van der Waals surface area contributed by atoms with E-state index >= 15 is 0 Å². The second-order valence-electron chi connectivity index (χ2n) is 0.192. The maximum Gasteiger partial charge on any atom is 4.00 e. The number of nitrogens with two attached hydrogens (primary N) is 2. The Labute approximate surface area is 103 Å². The smallest absolute Gasteiger partial charge is 1.00 e. The van der Waals surface area contributed by atoms with Gasteiger partial charge in [-0.05, 0) is 0 Å². The van der Waals surface area contributed by atoms with E-state index in [9.17, 15) is 0 Å². The second kappa shape index (κ2) is 100.0. The van der Waals surface area contributed by atoms with Crippen LogP contribution in [0.5, 0.6) is 0 Å². The Hall–Kier alpha value is 1.72. The van der Waals surface area contributed by atoms with Gasteiger partial charge in [-0.2, -0.15) is 0 Å². The molecule has 0 aromatic carbocycles. The van der Waals surface area contributed by atoms with Crippen LogP contribution in [-0.4, -0.2) is 30.2 Å². The number of rotatable bonds is 0. The number of halogens is 5. The summed E-state index contributed by atoms with van der Waals surface area (Å²) in [5.41, 5.74) is 4.50. The van der Waals surface area contributed by atoms with Gasteiger partial charge in [0.05, 0.1) is 0 Å². The van der Waals surface area contributed by atoms with Crippen LogP contribution in [0.4, 0.5) is 0 Å². The van der Waals surface area contributed by atoms with E-state index in [1.165, 1.54) is 0 Å². The molecule has 0 saturated carbocycles. The molecule has 0 saturated heterocycles. The van der Waals surface area contributed by atoms with Crippen molar-refractivity contribution in [3.8, 4) is 0 Å². The fraction of sp³-hybridized carbons (Fsp3) is 0. The molecule has 0 unspecified atom stereocenters. The maximum atomic E-state index is 4.50. The van der Waals surface area contributed by atoms with E-state index in [2.05, 4.69) is 11.1 Å². The van der Waals surface area contributed by atoms with Crippen LogP contribution in [-0.2, 0) is 0 Å². The Bertz CT molecular complexity index is 22.4. The topological polar surface area (TPSA) is 51.6 Å². The molecule has 8 heteroatoms. The first kappa shape index (κ1) is 73.2. The molecule has 0 radical (unpaired) electrons. The van der Waals surface area contributed by atoms with Crippen LogP contribution in [0.25, 0.3) is 0 Å². The molecule has 0 atom stereocenters. The molecule has 2 nitrogen and oxygen atoms in total. The first-order valence-electron chi connectivity index (χ1n) is 0.667. The van der Waals surface area contributed by atoms with E-state index in [0.29, 0.717) is 0 Å². The van der Waals surface area contributed by atoms with E-state index in [4.69, 9.17) is 0 Å². The summed E-state index contributed by atoms with van der Waals surface area (Å²) in [6.07, 6.45) is 1.00. The Balaban J connectivity index is -0.00000000133. The average Bonchev–Trinajstić information content (AvgIpc) is 0.918. The summed E-state index contributed by atoms with van der Waals surface area (Å²) < 4.78 is 0. The third-order valence-electron chi connectivity index (χ3n) is 0. The van der Waals surface area contributed by atoms with E-state index in [1.807, 2.05) is 0 Å². The minimum absolute atomic E-state index is 0. The fourth-order valence-corrected chi connectivity index (χ4v) is 0. The SMILES string of the molecule is NC=[NH2+].[Cl-].[Cl-].[Cl-].[Cl-].[Cl-].[Sn+4]. The standard InChI is InChI=1S/CH4N2.5ClH.Sn/c2-1-3;;;;;;/h1H,(H3,2,3);5*1H;/q;;;;;;+4/p-4. The minimum atomic E-state index is 0. The predicted octanol–water partition coefficient (Wildman–Crippen LogP) is -17.6. The van der Waals surface area contributed by atoms with Crippen molar-refractivity contribution in [3.05, 3.63) is 0 Å². The van der Waals surface area contributed by atoms with Crippen LogP contribution in [0, 0.1) is 0 Å². The van der Waals surface area contributed by atoms with Gasteiger partial charge in [-0.1, -0.05) is 0 Å². The molecular formula is CH5Cl5N2Sn. The zero-order valence-electron chi connectivity index (χ0n) is 4.12. The third kappa shape index (κ3) is 196. The van der Waals surface area contributed by atoms with Crippen molar-refractivity contribution >= 4 is 30.2 Å².